The molecule has 0 spiro atoms. The Morgan fingerprint density at radius 2 is 1.43 bits per heavy atom. The van der Waals surface area contributed by atoms with E-state index in [0.717, 1.165) is 22.4 Å². The van der Waals surface area contributed by atoms with Crippen LogP contribution in [0.25, 0.3) is 6.08 Å². The van der Waals surface area contributed by atoms with Crippen LogP contribution in [0, 0.1) is 0 Å². The highest BCUT2D eigenvalue weighted by Gasteiger charge is 2.17. The summed E-state index contributed by atoms with van der Waals surface area (Å²) < 4.78 is 10.2. The smallest absolute Gasteiger partial charge is 0.331 e. The Labute approximate surface area is 176 Å². The van der Waals surface area contributed by atoms with E-state index in [1.807, 2.05) is 72.8 Å². The van der Waals surface area contributed by atoms with Gasteiger partial charge in [-0.3, -0.25) is 4.79 Å². The van der Waals surface area contributed by atoms with Crippen molar-refractivity contribution in [1.29, 1.82) is 0 Å². The molecular weight excluding hydrogens is 378 g/mol. The Morgan fingerprint density at radius 1 is 0.867 bits per heavy atom. The summed E-state index contributed by atoms with van der Waals surface area (Å²) in [7, 11) is 1.59. The topological polar surface area (TPSA) is 64.6 Å². The lowest BCUT2D eigenvalue weighted by Crippen LogP contribution is -2.32. The molecule has 0 radical (unpaired) electrons. The second kappa shape index (κ2) is 10.6. The molecule has 0 unspecified atom stereocenters. The summed E-state index contributed by atoms with van der Waals surface area (Å²) in [5.41, 5.74) is 2.72. The number of nitrogens with one attached hydrogen (secondary N) is 1. The van der Waals surface area contributed by atoms with Crippen molar-refractivity contribution >= 4 is 18.0 Å². The summed E-state index contributed by atoms with van der Waals surface area (Å²) in [5, 5.41) is 2.94. The third kappa shape index (κ3) is 6.07. The normalized spacial score (nSPS) is 10.7. The van der Waals surface area contributed by atoms with Crippen molar-refractivity contribution in [3.63, 3.8) is 0 Å². The molecule has 3 aromatic carbocycles. The predicted molar refractivity (Wildman–Crippen MR) is 116 cm³/mol. The van der Waals surface area contributed by atoms with Crippen LogP contribution in [0.15, 0.2) is 91.0 Å². The minimum atomic E-state index is -0.586. The average molecular weight is 401 g/mol. The fraction of sp³-hybridized carbons (Fsp3) is 0.120. The van der Waals surface area contributed by atoms with E-state index in [4.69, 9.17) is 9.47 Å². The van der Waals surface area contributed by atoms with Crippen LogP contribution >= 0.6 is 0 Å². The molecule has 0 atom stereocenters. The molecule has 1 amide bonds. The lowest BCUT2D eigenvalue weighted by Gasteiger charge is -2.19. The van der Waals surface area contributed by atoms with Gasteiger partial charge in [0, 0.05) is 6.08 Å². The molecule has 0 aliphatic heterocycles. The number of hydrogen-bond donors (Lipinski definition) is 1. The Hall–Kier alpha value is -3.86. The fourth-order valence-electron chi connectivity index (χ4n) is 2.92. The van der Waals surface area contributed by atoms with E-state index < -0.39 is 5.97 Å². The van der Waals surface area contributed by atoms with Crippen molar-refractivity contribution in [2.75, 3.05) is 13.7 Å². The van der Waals surface area contributed by atoms with Crippen LogP contribution in [0.5, 0.6) is 5.75 Å². The summed E-state index contributed by atoms with van der Waals surface area (Å²) in [6, 6.07) is 26.2. The summed E-state index contributed by atoms with van der Waals surface area (Å²) in [4.78, 5) is 24.4. The first kappa shape index (κ1) is 20.9. The van der Waals surface area contributed by atoms with Crippen LogP contribution < -0.4 is 10.1 Å². The maximum absolute atomic E-state index is 12.4. The van der Waals surface area contributed by atoms with Gasteiger partial charge in [0.25, 0.3) is 5.91 Å². The molecule has 0 saturated heterocycles. The van der Waals surface area contributed by atoms with E-state index in [1.54, 1.807) is 25.3 Å². The van der Waals surface area contributed by atoms with E-state index >= 15 is 0 Å². The van der Waals surface area contributed by atoms with Gasteiger partial charge in [-0.1, -0.05) is 72.8 Å². The molecule has 5 heteroatoms. The average Bonchev–Trinajstić information content (AvgIpc) is 2.81. The predicted octanol–water partition coefficient (Wildman–Crippen LogP) is 4.16. The van der Waals surface area contributed by atoms with Crippen molar-refractivity contribution in [2.45, 2.75) is 6.04 Å². The van der Waals surface area contributed by atoms with Crippen molar-refractivity contribution < 1.29 is 19.1 Å². The summed E-state index contributed by atoms with van der Waals surface area (Å²) >= 11 is 0. The molecule has 3 aromatic rings. The van der Waals surface area contributed by atoms with Gasteiger partial charge < -0.3 is 14.8 Å². The largest absolute Gasteiger partial charge is 0.497 e. The van der Waals surface area contributed by atoms with Gasteiger partial charge in [-0.25, -0.2) is 4.79 Å². The first-order valence-corrected chi connectivity index (χ1v) is 9.54. The third-order valence-corrected chi connectivity index (χ3v) is 4.44. The number of carbonyl (C=O) groups excluding carboxylic acids is 2. The Balaban J connectivity index is 1.57. The number of rotatable bonds is 8. The highest BCUT2D eigenvalue weighted by Crippen LogP contribution is 2.21. The highest BCUT2D eigenvalue weighted by molar-refractivity contribution is 5.89. The van der Waals surface area contributed by atoms with E-state index in [0.29, 0.717) is 0 Å². The summed E-state index contributed by atoms with van der Waals surface area (Å²) in [6.45, 7) is -0.359. The van der Waals surface area contributed by atoms with Gasteiger partial charge in [0.1, 0.15) is 5.75 Å². The van der Waals surface area contributed by atoms with Crippen LogP contribution in [0.4, 0.5) is 0 Å². The van der Waals surface area contributed by atoms with E-state index in [9.17, 15) is 9.59 Å². The van der Waals surface area contributed by atoms with Crippen LogP contribution in [0.1, 0.15) is 22.7 Å². The van der Waals surface area contributed by atoms with Gasteiger partial charge >= 0.3 is 5.97 Å². The minimum absolute atomic E-state index is 0.326. The first-order valence-electron chi connectivity index (χ1n) is 9.54. The Kier molecular flexibility index (Phi) is 7.39. The number of esters is 1. The number of benzene rings is 3. The monoisotopic (exact) mass is 401 g/mol. The molecule has 0 saturated carbocycles. The van der Waals surface area contributed by atoms with E-state index in [1.165, 1.54) is 6.08 Å². The highest BCUT2D eigenvalue weighted by atomic mass is 16.5. The van der Waals surface area contributed by atoms with Crippen LogP contribution in [-0.4, -0.2) is 25.6 Å². The molecule has 0 aromatic heterocycles. The summed E-state index contributed by atoms with van der Waals surface area (Å²) in [5.74, 6) is -0.228. The second-order valence-corrected chi connectivity index (χ2v) is 6.54. The van der Waals surface area contributed by atoms with Gasteiger partial charge in [0.05, 0.1) is 13.2 Å². The van der Waals surface area contributed by atoms with E-state index in [2.05, 4.69) is 5.32 Å². The standard InChI is InChI=1S/C25H23NO4/c1-29-22-15-12-19(13-16-22)14-17-24(28)30-18-23(27)26-25(20-8-4-2-5-9-20)21-10-6-3-7-11-21/h2-17,25H,18H2,1H3,(H,26,27)/b17-14+. The van der Waals surface area contributed by atoms with Crippen LogP contribution in [-0.2, 0) is 14.3 Å². The lowest BCUT2D eigenvalue weighted by molar-refractivity contribution is -0.143. The molecule has 0 fully saturated rings. The number of amides is 1. The Bertz CT molecular complexity index is 943. The Morgan fingerprint density at radius 3 is 1.97 bits per heavy atom. The molecule has 0 bridgehead atoms. The van der Waals surface area contributed by atoms with Crippen molar-refractivity contribution in [1.82, 2.24) is 5.32 Å². The number of hydrogen-bond acceptors (Lipinski definition) is 4. The maximum atomic E-state index is 12.4. The molecule has 0 heterocycles. The molecule has 1 N–H and O–H groups in total. The van der Waals surface area contributed by atoms with Gasteiger partial charge in [0.15, 0.2) is 6.61 Å². The quantitative estimate of drug-likeness (QED) is 0.455. The zero-order chi connectivity index (χ0) is 21.2. The van der Waals surface area contributed by atoms with Crippen molar-refractivity contribution in [3.05, 3.63) is 108 Å². The first-order chi connectivity index (χ1) is 14.7. The fourth-order valence-corrected chi connectivity index (χ4v) is 2.92. The van der Waals surface area contributed by atoms with Crippen molar-refractivity contribution in [2.24, 2.45) is 0 Å². The number of ether oxygens (including phenoxy) is 2. The van der Waals surface area contributed by atoms with Crippen molar-refractivity contribution in [3.8, 4) is 5.75 Å². The number of carbonyl (C=O) groups is 2. The zero-order valence-corrected chi connectivity index (χ0v) is 16.7. The molecule has 30 heavy (non-hydrogen) atoms. The maximum Gasteiger partial charge on any atom is 0.331 e. The molecule has 0 aliphatic rings. The van der Waals surface area contributed by atoms with Gasteiger partial charge in [-0.05, 0) is 34.9 Å². The van der Waals surface area contributed by atoms with Gasteiger partial charge in [-0.2, -0.15) is 0 Å². The van der Waals surface area contributed by atoms with Gasteiger partial charge in [-0.15, -0.1) is 0 Å². The SMILES string of the molecule is COc1ccc(/C=C/C(=O)OCC(=O)NC(c2ccccc2)c2ccccc2)cc1. The van der Waals surface area contributed by atoms with Crippen LogP contribution in [0.3, 0.4) is 0 Å². The molecular formula is C25H23NO4. The second-order valence-electron chi connectivity index (χ2n) is 6.54. The summed E-state index contributed by atoms with van der Waals surface area (Å²) in [6.07, 6.45) is 2.91. The third-order valence-electron chi connectivity index (χ3n) is 4.44. The molecule has 0 aliphatic carbocycles. The van der Waals surface area contributed by atoms with E-state index in [-0.39, 0.29) is 18.6 Å². The van der Waals surface area contributed by atoms with Crippen LogP contribution in [0.2, 0.25) is 0 Å². The zero-order valence-electron chi connectivity index (χ0n) is 16.7. The van der Waals surface area contributed by atoms with Gasteiger partial charge in [0.2, 0.25) is 0 Å². The molecule has 152 valence electrons. The molecule has 3 rings (SSSR count). The lowest BCUT2D eigenvalue weighted by atomic mass is 9.99. The molecule has 5 nitrogen and oxygen atoms in total. The number of methoxy groups -OCH3 is 1. The minimum Gasteiger partial charge on any atom is -0.497 e.